The minimum atomic E-state index is -4.48. The van der Waals surface area contributed by atoms with Gasteiger partial charge in [-0.25, -0.2) is 15.8 Å². The highest BCUT2D eigenvalue weighted by atomic mass is 35.5. The van der Waals surface area contributed by atoms with Gasteiger partial charge in [0.05, 0.1) is 5.56 Å². The first-order valence-electron chi connectivity index (χ1n) is 5.75. The van der Waals surface area contributed by atoms with Gasteiger partial charge in [-0.3, -0.25) is 0 Å². The number of nitrogens with one attached hydrogen (secondary N) is 2. The van der Waals surface area contributed by atoms with Crippen molar-refractivity contribution in [1.29, 1.82) is 0 Å². The van der Waals surface area contributed by atoms with Crippen molar-refractivity contribution in [2.24, 2.45) is 5.84 Å². The molecule has 112 valence electrons. The maximum absolute atomic E-state index is 12.7. The first-order valence-corrected chi connectivity index (χ1v) is 6.13. The average molecular weight is 318 g/mol. The van der Waals surface area contributed by atoms with E-state index < -0.39 is 11.7 Å². The van der Waals surface area contributed by atoms with E-state index in [9.17, 15) is 13.2 Å². The third-order valence-corrected chi connectivity index (χ3v) is 2.70. The second-order valence-electron chi connectivity index (χ2n) is 4.18. The number of hydrogen-bond donors (Lipinski definition) is 3. The number of nitrogens with two attached hydrogens (primary N) is 1. The monoisotopic (exact) mass is 317 g/mol. The predicted octanol–water partition coefficient (Wildman–Crippen LogP) is 3.49. The zero-order valence-electron chi connectivity index (χ0n) is 10.8. The van der Waals surface area contributed by atoms with Gasteiger partial charge in [-0.15, -0.1) is 0 Å². The maximum Gasteiger partial charge on any atom is 0.416 e. The van der Waals surface area contributed by atoms with Crippen LogP contribution in [0.1, 0.15) is 11.4 Å². The molecule has 0 radical (unpaired) electrons. The van der Waals surface area contributed by atoms with Gasteiger partial charge in [-0.05, 0) is 25.1 Å². The molecule has 1 aromatic carbocycles. The van der Waals surface area contributed by atoms with Gasteiger partial charge in [-0.1, -0.05) is 11.6 Å². The second-order valence-corrected chi connectivity index (χ2v) is 4.62. The molecule has 0 amide bonds. The molecular weight excluding hydrogens is 307 g/mol. The van der Waals surface area contributed by atoms with Gasteiger partial charge in [0, 0.05) is 16.8 Å². The molecule has 2 aromatic rings. The van der Waals surface area contributed by atoms with Crippen molar-refractivity contribution < 1.29 is 13.2 Å². The summed E-state index contributed by atoms with van der Waals surface area (Å²) in [4.78, 5) is 8.03. The third kappa shape index (κ3) is 3.96. The van der Waals surface area contributed by atoms with Crippen LogP contribution in [0.5, 0.6) is 0 Å². The number of aryl methyl sites for hydroxylation is 1. The van der Waals surface area contributed by atoms with E-state index in [2.05, 4.69) is 20.7 Å². The Morgan fingerprint density at radius 1 is 1.10 bits per heavy atom. The number of nitrogen functional groups attached to an aromatic ring is 1. The average Bonchev–Trinajstić information content (AvgIpc) is 2.36. The minimum Gasteiger partial charge on any atom is -0.340 e. The van der Waals surface area contributed by atoms with Crippen molar-refractivity contribution in [3.63, 3.8) is 0 Å². The molecule has 1 heterocycles. The molecule has 2 rings (SSSR count). The molecule has 0 unspecified atom stereocenters. The van der Waals surface area contributed by atoms with Gasteiger partial charge in [0.2, 0.25) is 0 Å². The van der Waals surface area contributed by atoms with E-state index in [1.165, 1.54) is 12.1 Å². The number of hydrogen-bond acceptors (Lipinski definition) is 5. The summed E-state index contributed by atoms with van der Waals surface area (Å²) in [6.45, 7) is 1.63. The normalized spacial score (nSPS) is 11.3. The number of rotatable bonds is 3. The molecule has 0 aliphatic carbocycles. The summed E-state index contributed by atoms with van der Waals surface area (Å²) >= 11 is 5.71. The lowest BCUT2D eigenvalue weighted by Crippen LogP contribution is -2.10. The van der Waals surface area contributed by atoms with Crippen LogP contribution >= 0.6 is 11.6 Å². The van der Waals surface area contributed by atoms with Crippen molar-refractivity contribution in [2.45, 2.75) is 13.1 Å². The Morgan fingerprint density at radius 3 is 2.38 bits per heavy atom. The standard InChI is InChI=1S/C12H11ClF3N5/c1-6-18-10(5-11(19-6)21-17)20-9-3-7(12(14,15)16)2-8(13)4-9/h2-5H,17H2,1H3,(H2,18,19,20,21). The van der Waals surface area contributed by atoms with Crippen LogP contribution < -0.4 is 16.6 Å². The highest BCUT2D eigenvalue weighted by Gasteiger charge is 2.31. The number of benzene rings is 1. The van der Waals surface area contributed by atoms with Crippen molar-refractivity contribution >= 4 is 28.9 Å². The Labute approximate surface area is 123 Å². The van der Waals surface area contributed by atoms with Crippen molar-refractivity contribution in [2.75, 3.05) is 10.7 Å². The minimum absolute atomic E-state index is 0.0322. The highest BCUT2D eigenvalue weighted by molar-refractivity contribution is 6.31. The molecule has 0 fully saturated rings. The maximum atomic E-state index is 12.7. The Morgan fingerprint density at radius 2 is 1.76 bits per heavy atom. The molecule has 0 bridgehead atoms. The van der Waals surface area contributed by atoms with E-state index in [0.717, 1.165) is 12.1 Å². The molecule has 0 atom stereocenters. The van der Waals surface area contributed by atoms with Crippen LogP contribution in [0, 0.1) is 6.92 Å². The summed E-state index contributed by atoms with van der Waals surface area (Å²) in [5.41, 5.74) is 1.66. The summed E-state index contributed by atoms with van der Waals surface area (Å²) < 4.78 is 38.2. The van der Waals surface area contributed by atoms with Gasteiger partial charge < -0.3 is 10.7 Å². The lowest BCUT2D eigenvalue weighted by Gasteiger charge is -2.12. The largest absolute Gasteiger partial charge is 0.416 e. The molecule has 9 heteroatoms. The van der Waals surface area contributed by atoms with Crippen LogP contribution in [0.2, 0.25) is 5.02 Å². The number of alkyl halides is 3. The number of hydrazine groups is 1. The van der Waals surface area contributed by atoms with E-state index in [0.29, 0.717) is 17.5 Å². The summed E-state index contributed by atoms with van der Waals surface area (Å²) in [6, 6.07) is 4.62. The van der Waals surface area contributed by atoms with Gasteiger partial charge in [0.25, 0.3) is 0 Å². The van der Waals surface area contributed by atoms with E-state index in [1.54, 1.807) is 6.92 Å². The molecule has 5 nitrogen and oxygen atoms in total. The summed E-state index contributed by atoms with van der Waals surface area (Å²) in [6.07, 6.45) is -4.48. The molecule has 0 spiro atoms. The molecule has 0 aliphatic rings. The number of anilines is 3. The Balaban J connectivity index is 2.35. The molecule has 0 saturated heterocycles. The molecular formula is C12H11ClF3N5. The quantitative estimate of drug-likeness (QED) is 0.597. The van der Waals surface area contributed by atoms with Crippen LogP contribution in [0.15, 0.2) is 24.3 Å². The second kappa shape index (κ2) is 5.74. The van der Waals surface area contributed by atoms with E-state index in [4.69, 9.17) is 17.4 Å². The van der Waals surface area contributed by atoms with Gasteiger partial charge >= 0.3 is 6.18 Å². The van der Waals surface area contributed by atoms with Crippen LogP contribution in [0.4, 0.5) is 30.5 Å². The van der Waals surface area contributed by atoms with Gasteiger partial charge in [0.1, 0.15) is 17.5 Å². The molecule has 0 saturated carbocycles. The Bertz CT molecular complexity index is 660. The van der Waals surface area contributed by atoms with Crippen LogP contribution in [-0.4, -0.2) is 9.97 Å². The fourth-order valence-electron chi connectivity index (χ4n) is 1.68. The zero-order valence-corrected chi connectivity index (χ0v) is 11.5. The van der Waals surface area contributed by atoms with Crippen LogP contribution in [-0.2, 0) is 6.18 Å². The topological polar surface area (TPSA) is 75.9 Å². The number of nitrogens with zero attached hydrogens (tertiary/aromatic N) is 2. The van der Waals surface area contributed by atoms with E-state index in [-0.39, 0.29) is 10.7 Å². The van der Waals surface area contributed by atoms with Crippen molar-refractivity contribution in [1.82, 2.24) is 9.97 Å². The number of aromatic nitrogens is 2. The van der Waals surface area contributed by atoms with Crippen molar-refractivity contribution in [3.05, 3.63) is 40.7 Å². The van der Waals surface area contributed by atoms with E-state index in [1.807, 2.05) is 0 Å². The lowest BCUT2D eigenvalue weighted by atomic mass is 10.2. The summed E-state index contributed by atoms with van der Waals surface area (Å²) in [5.74, 6) is 6.29. The van der Waals surface area contributed by atoms with E-state index >= 15 is 0 Å². The predicted molar refractivity (Wildman–Crippen MR) is 74.3 cm³/mol. The summed E-state index contributed by atoms with van der Waals surface area (Å²) in [5, 5.41) is 2.71. The fourth-order valence-corrected chi connectivity index (χ4v) is 1.91. The lowest BCUT2D eigenvalue weighted by molar-refractivity contribution is -0.137. The third-order valence-electron chi connectivity index (χ3n) is 2.48. The fraction of sp³-hybridized carbons (Fsp3) is 0.167. The summed E-state index contributed by atoms with van der Waals surface area (Å²) in [7, 11) is 0. The smallest absolute Gasteiger partial charge is 0.340 e. The molecule has 21 heavy (non-hydrogen) atoms. The van der Waals surface area contributed by atoms with Crippen LogP contribution in [0.25, 0.3) is 0 Å². The SMILES string of the molecule is Cc1nc(NN)cc(Nc2cc(Cl)cc(C(F)(F)F)c2)n1. The van der Waals surface area contributed by atoms with Gasteiger partial charge in [0.15, 0.2) is 0 Å². The van der Waals surface area contributed by atoms with Crippen LogP contribution in [0.3, 0.4) is 0 Å². The van der Waals surface area contributed by atoms with Crippen molar-refractivity contribution in [3.8, 4) is 0 Å². The number of halogens is 4. The molecule has 4 N–H and O–H groups in total. The van der Waals surface area contributed by atoms with Gasteiger partial charge in [-0.2, -0.15) is 13.2 Å². The first kappa shape index (κ1) is 15.3. The molecule has 1 aromatic heterocycles. The Kier molecular flexibility index (Phi) is 4.19. The Hall–Kier alpha value is -2.06. The highest BCUT2D eigenvalue weighted by Crippen LogP contribution is 2.34. The first-order chi connectivity index (χ1) is 9.77. The molecule has 0 aliphatic heterocycles. The zero-order chi connectivity index (χ0) is 15.6.